The molecule has 3 rings (SSSR count). The molecule has 2 aliphatic heterocycles. The molecule has 0 aromatic heterocycles. The second-order valence-electron chi connectivity index (χ2n) is 9.49. The number of hydrogen-bond acceptors (Lipinski definition) is 8. The quantitative estimate of drug-likeness (QED) is 0.203. The molecule has 11 heteroatoms. The normalized spacial score (nSPS) is 16.0. The minimum absolute atomic E-state index is 0.0378. The number of imide groups is 1. The zero-order valence-electron chi connectivity index (χ0n) is 22.3. The van der Waals surface area contributed by atoms with Crippen molar-refractivity contribution in [1.82, 2.24) is 20.0 Å². The summed E-state index contributed by atoms with van der Waals surface area (Å²) in [5.74, 6) is -1.28. The second-order valence-corrected chi connectivity index (χ2v) is 9.49. The van der Waals surface area contributed by atoms with Gasteiger partial charge in [-0.3, -0.25) is 24.1 Å². The van der Waals surface area contributed by atoms with Gasteiger partial charge in [-0.25, -0.2) is 0 Å². The maximum absolute atomic E-state index is 13.2. The summed E-state index contributed by atoms with van der Waals surface area (Å²) >= 11 is 0. The van der Waals surface area contributed by atoms with Crippen molar-refractivity contribution in [2.24, 2.45) is 0 Å². The number of hydrogen-bond donors (Lipinski definition) is 1. The molecule has 1 unspecified atom stereocenters. The summed E-state index contributed by atoms with van der Waals surface area (Å²) in [6.07, 6.45) is 4.60. The molecule has 11 nitrogen and oxygen atoms in total. The van der Waals surface area contributed by atoms with Gasteiger partial charge in [-0.2, -0.15) is 0 Å². The van der Waals surface area contributed by atoms with Crippen molar-refractivity contribution < 1.29 is 33.4 Å². The number of likely N-dealkylation sites (N-methyl/N-ethyl adjacent to an activating group) is 2. The number of carbonyl (C=O) groups excluding carboxylic acids is 5. The van der Waals surface area contributed by atoms with Gasteiger partial charge in [-0.15, -0.1) is 0 Å². The molecule has 2 heterocycles. The lowest BCUT2D eigenvalue weighted by molar-refractivity contribution is -0.132. The summed E-state index contributed by atoms with van der Waals surface area (Å²) in [5, 5.41) is 2.45. The third-order valence-electron chi connectivity index (χ3n) is 6.85. The van der Waals surface area contributed by atoms with E-state index in [0.717, 1.165) is 30.8 Å². The average molecular weight is 531 g/mol. The van der Waals surface area contributed by atoms with Crippen LogP contribution in [-0.4, -0.2) is 111 Å². The number of carbonyl (C=O) groups is 5. The molecule has 0 spiro atoms. The van der Waals surface area contributed by atoms with Crippen molar-refractivity contribution in [3.05, 3.63) is 29.3 Å². The van der Waals surface area contributed by atoms with E-state index in [4.69, 9.17) is 9.47 Å². The highest BCUT2D eigenvalue weighted by molar-refractivity contribution is 6.24. The number of nitrogens with zero attached hydrogens (tertiary/aromatic N) is 3. The van der Waals surface area contributed by atoms with Crippen LogP contribution in [0.3, 0.4) is 0 Å². The van der Waals surface area contributed by atoms with Crippen LogP contribution in [0.1, 0.15) is 59.2 Å². The Morgan fingerprint density at radius 2 is 1.84 bits per heavy atom. The van der Waals surface area contributed by atoms with Crippen LogP contribution in [0.5, 0.6) is 5.75 Å². The van der Waals surface area contributed by atoms with Crippen molar-refractivity contribution in [3.63, 3.8) is 0 Å². The molecule has 208 valence electrons. The maximum atomic E-state index is 13.2. The molecule has 0 aliphatic carbocycles. The summed E-state index contributed by atoms with van der Waals surface area (Å²) < 4.78 is 11.4. The predicted octanol–water partition coefficient (Wildman–Crippen LogP) is 1.11. The average Bonchev–Trinajstić information content (AvgIpc) is 3.19. The van der Waals surface area contributed by atoms with Gasteiger partial charge in [0.2, 0.25) is 11.8 Å². The van der Waals surface area contributed by atoms with Gasteiger partial charge in [0.25, 0.3) is 11.8 Å². The smallest absolute Gasteiger partial charge is 0.266 e. The number of aldehydes is 1. The molecule has 1 fully saturated rings. The number of nitrogens with one attached hydrogen (secondary N) is 1. The van der Waals surface area contributed by atoms with Crippen molar-refractivity contribution in [2.45, 2.75) is 44.6 Å². The van der Waals surface area contributed by atoms with Crippen LogP contribution < -0.4 is 10.1 Å². The molecule has 1 atom stereocenters. The van der Waals surface area contributed by atoms with Gasteiger partial charge >= 0.3 is 0 Å². The lowest BCUT2D eigenvalue weighted by Crippen LogP contribution is -2.48. The van der Waals surface area contributed by atoms with Crippen molar-refractivity contribution >= 4 is 29.9 Å². The molecule has 0 saturated carbocycles. The van der Waals surface area contributed by atoms with Crippen molar-refractivity contribution in [3.8, 4) is 5.75 Å². The van der Waals surface area contributed by atoms with Crippen LogP contribution >= 0.6 is 0 Å². The number of likely N-dealkylation sites (tertiary alicyclic amines) is 1. The van der Waals surface area contributed by atoms with Crippen molar-refractivity contribution in [2.75, 3.05) is 60.1 Å². The SMILES string of the molecule is CNC(=O)C(CCC=O)N1C(=O)c2cccc(OCCOCCN(C)CCC(=O)N3CCCCC3)c2C1=O. The molecular formula is C27H38N4O7. The molecule has 1 N–H and O–H groups in total. The summed E-state index contributed by atoms with van der Waals surface area (Å²) in [6, 6.07) is 3.65. The number of amides is 4. The zero-order valence-corrected chi connectivity index (χ0v) is 22.3. The number of piperidine rings is 1. The van der Waals surface area contributed by atoms with E-state index < -0.39 is 23.8 Å². The molecule has 1 saturated heterocycles. The van der Waals surface area contributed by atoms with Crippen molar-refractivity contribution in [1.29, 1.82) is 0 Å². The van der Waals surface area contributed by atoms with Crippen LogP contribution in [-0.2, 0) is 19.1 Å². The lowest BCUT2D eigenvalue weighted by atomic mass is 10.1. The highest BCUT2D eigenvalue weighted by Crippen LogP contribution is 2.33. The number of fused-ring (bicyclic) bond motifs is 1. The minimum atomic E-state index is -1.08. The third kappa shape index (κ3) is 7.38. The van der Waals surface area contributed by atoms with Gasteiger partial charge in [0.05, 0.1) is 24.3 Å². The highest BCUT2D eigenvalue weighted by Gasteiger charge is 2.44. The molecule has 2 aliphatic rings. The van der Waals surface area contributed by atoms with E-state index in [0.29, 0.717) is 32.4 Å². The number of rotatable bonds is 15. The van der Waals surface area contributed by atoms with Crippen LogP contribution in [0.15, 0.2) is 18.2 Å². The van der Waals surface area contributed by atoms with Gasteiger partial charge < -0.3 is 29.4 Å². The van der Waals surface area contributed by atoms with Gasteiger partial charge in [0.1, 0.15) is 24.7 Å². The third-order valence-corrected chi connectivity index (χ3v) is 6.85. The Balaban J connectivity index is 1.44. The zero-order chi connectivity index (χ0) is 27.5. The first-order valence-electron chi connectivity index (χ1n) is 13.2. The molecule has 0 bridgehead atoms. The maximum Gasteiger partial charge on any atom is 0.266 e. The summed E-state index contributed by atoms with van der Waals surface area (Å²) in [5.41, 5.74) is 0.268. The summed E-state index contributed by atoms with van der Waals surface area (Å²) in [6.45, 7) is 3.96. The molecule has 38 heavy (non-hydrogen) atoms. The Bertz CT molecular complexity index is 1010. The monoisotopic (exact) mass is 530 g/mol. The van der Waals surface area contributed by atoms with E-state index in [1.54, 1.807) is 12.1 Å². The summed E-state index contributed by atoms with van der Waals surface area (Å²) in [4.78, 5) is 66.6. The van der Waals surface area contributed by atoms with Crippen LogP contribution in [0.4, 0.5) is 0 Å². The van der Waals surface area contributed by atoms with E-state index in [-0.39, 0.29) is 48.8 Å². The van der Waals surface area contributed by atoms with E-state index in [1.165, 1.54) is 19.5 Å². The lowest BCUT2D eigenvalue weighted by Gasteiger charge is -2.27. The Hall–Kier alpha value is -3.31. The number of ether oxygens (including phenoxy) is 2. The van der Waals surface area contributed by atoms with Crippen LogP contribution in [0.25, 0.3) is 0 Å². The fourth-order valence-corrected chi connectivity index (χ4v) is 4.68. The number of benzene rings is 1. The first kappa shape index (κ1) is 29.2. The van der Waals surface area contributed by atoms with E-state index in [1.807, 2.05) is 11.9 Å². The molecule has 1 aromatic rings. The van der Waals surface area contributed by atoms with Gasteiger partial charge in [-0.05, 0) is 44.9 Å². The Labute approximate surface area is 223 Å². The standard InChI is InChI=1S/C27H38N4O7/c1-28-25(34)21(9-7-16-32)31-26(35)20-8-6-10-22(24(20)27(31)36)38-19-18-37-17-15-29(2)14-11-23(33)30-12-4-3-5-13-30/h6,8,10,16,21H,3-5,7,9,11-15,17-19H2,1-2H3,(H,28,34). The van der Waals surface area contributed by atoms with E-state index in [2.05, 4.69) is 10.2 Å². The van der Waals surface area contributed by atoms with Crippen LogP contribution in [0.2, 0.25) is 0 Å². The fourth-order valence-electron chi connectivity index (χ4n) is 4.68. The Morgan fingerprint density at radius 3 is 2.55 bits per heavy atom. The highest BCUT2D eigenvalue weighted by atomic mass is 16.5. The molecule has 0 radical (unpaired) electrons. The first-order valence-corrected chi connectivity index (χ1v) is 13.2. The van der Waals surface area contributed by atoms with Gasteiger partial charge in [0, 0.05) is 46.1 Å². The first-order chi connectivity index (χ1) is 18.4. The van der Waals surface area contributed by atoms with Gasteiger partial charge in [0.15, 0.2) is 0 Å². The topological polar surface area (TPSA) is 126 Å². The minimum Gasteiger partial charge on any atom is -0.490 e. The van der Waals surface area contributed by atoms with Gasteiger partial charge in [-0.1, -0.05) is 6.07 Å². The fraction of sp³-hybridized carbons (Fsp3) is 0.593. The van der Waals surface area contributed by atoms with E-state index in [9.17, 15) is 24.0 Å². The van der Waals surface area contributed by atoms with E-state index >= 15 is 0 Å². The van der Waals surface area contributed by atoms with Crippen LogP contribution in [0, 0.1) is 0 Å². The molecular weight excluding hydrogens is 492 g/mol. The molecule has 1 aromatic carbocycles. The predicted molar refractivity (Wildman–Crippen MR) is 139 cm³/mol. The summed E-state index contributed by atoms with van der Waals surface area (Å²) in [7, 11) is 3.36. The largest absolute Gasteiger partial charge is 0.490 e. The second kappa shape index (κ2) is 14.6. The Kier molecular flexibility index (Phi) is 11.2. The Morgan fingerprint density at radius 1 is 1.08 bits per heavy atom. The molecule has 4 amide bonds.